The number of sulfonamides is 1. The van der Waals surface area contributed by atoms with Crippen LogP contribution in [0.15, 0.2) is 20.7 Å². The van der Waals surface area contributed by atoms with Crippen LogP contribution >= 0.6 is 0 Å². The first kappa shape index (κ1) is 17.6. The van der Waals surface area contributed by atoms with Crippen LogP contribution in [0.3, 0.4) is 0 Å². The van der Waals surface area contributed by atoms with Gasteiger partial charge in [-0.15, -0.1) is 0 Å². The molecule has 0 radical (unpaired) electrons. The molecule has 0 amide bonds. The van der Waals surface area contributed by atoms with E-state index in [-0.39, 0.29) is 12.3 Å². The van der Waals surface area contributed by atoms with Crippen molar-refractivity contribution in [3.8, 4) is 0 Å². The molecule has 0 aliphatic heterocycles. The van der Waals surface area contributed by atoms with Crippen molar-refractivity contribution < 1.29 is 16.8 Å². The summed E-state index contributed by atoms with van der Waals surface area (Å²) in [6.07, 6.45) is 0.745. The number of nitrogens with zero attached hydrogens (tertiary/aromatic N) is 1. The number of rotatable bonds is 4. The highest BCUT2D eigenvalue weighted by molar-refractivity contribution is 7.92. The van der Waals surface area contributed by atoms with Crippen LogP contribution in [-0.2, 0) is 26.4 Å². The molecule has 0 aliphatic rings. The smallest absolute Gasteiger partial charge is 0.298 e. The van der Waals surface area contributed by atoms with Gasteiger partial charge >= 0.3 is 5.69 Å². The van der Waals surface area contributed by atoms with Crippen molar-refractivity contribution in [3.05, 3.63) is 27.0 Å². The van der Waals surface area contributed by atoms with Crippen molar-refractivity contribution in [3.63, 3.8) is 0 Å². The van der Waals surface area contributed by atoms with Gasteiger partial charge in [-0.2, -0.15) is 0 Å². The Balaban J connectivity index is 3.24. The molecule has 1 aromatic heterocycles. The summed E-state index contributed by atoms with van der Waals surface area (Å²) in [5, 5.41) is 4.85. The summed E-state index contributed by atoms with van der Waals surface area (Å²) >= 11 is 0. The maximum absolute atomic E-state index is 12.0. The lowest BCUT2D eigenvalue weighted by Crippen LogP contribution is -2.37. The number of hydrogen-bond donors (Lipinski definition) is 2. The van der Waals surface area contributed by atoms with Crippen LogP contribution in [0.2, 0.25) is 0 Å². The highest BCUT2D eigenvalue weighted by Gasteiger charge is 2.28. The molecule has 0 spiro atoms. The summed E-state index contributed by atoms with van der Waals surface area (Å²) in [7, 11) is -7.81. The lowest BCUT2D eigenvalue weighted by molar-refractivity contribution is 0.550. The maximum Gasteiger partial charge on any atom is 0.328 e. The first-order chi connectivity index (χ1) is 9.25. The number of aromatic amines is 1. The number of nitrogens with one attached hydrogen (secondary N) is 1. The molecule has 9 nitrogen and oxygen atoms in total. The number of aryl methyl sites for hydroxylation is 1. The van der Waals surface area contributed by atoms with Crippen molar-refractivity contribution in [2.24, 2.45) is 5.14 Å². The first-order valence-corrected chi connectivity index (χ1v) is 9.04. The summed E-state index contributed by atoms with van der Waals surface area (Å²) in [5.74, 6) is -0.382. The molecular formula is C10H17N3O6S2. The molecule has 0 aliphatic carbocycles. The zero-order valence-corrected chi connectivity index (χ0v) is 13.4. The first-order valence-electron chi connectivity index (χ1n) is 5.84. The minimum Gasteiger partial charge on any atom is -0.298 e. The number of aromatic nitrogens is 2. The predicted molar refractivity (Wildman–Crippen MR) is 76.2 cm³/mol. The Hall–Kier alpha value is -1.46. The summed E-state index contributed by atoms with van der Waals surface area (Å²) in [5.41, 5.74) is -2.05. The van der Waals surface area contributed by atoms with E-state index >= 15 is 0 Å². The topological polar surface area (TPSA) is 149 Å². The fourth-order valence-electron chi connectivity index (χ4n) is 1.38. The molecule has 21 heavy (non-hydrogen) atoms. The van der Waals surface area contributed by atoms with Crippen molar-refractivity contribution in [1.29, 1.82) is 0 Å². The van der Waals surface area contributed by atoms with Gasteiger partial charge in [0.1, 0.15) is 0 Å². The summed E-state index contributed by atoms with van der Waals surface area (Å²) in [4.78, 5) is 23.9. The van der Waals surface area contributed by atoms with Crippen LogP contribution in [0.5, 0.6) is 0 Å². The number of sulfone groups is 1. The molecular weight excluding hydrogens is 322 g/mol. The maximum atomic E-state index is 12.0. The Bertz CT molecular complexity index is 855. The largest absolute Gasteiger partial charge is 0.328 e. The standard InChI is InChI=1S/C10H17N3O6S2/c1-10(2,3)20(16,17)5-4-13-6-7(21(11,18)19)8(14)12-9(13)15/h6H,4-5H2,1-3H3,(H2,11,18,19)(H,12,14,15). The summed E-state index contributed by atoms with van der Waals surface area (Å²) < 4.78 is 46.1. The van der Waals surface area contributed by atoms with Gasteiger partial charge in [-0.1, -0.05) is 0 Å². The van der Waals surface area contributed by atoms with E-state index < -0.39 is 40.8 Å². The van der Waals surface area contributed by atoms with E-state index in [9.17, 15) is 26.4 Å². The van der Waals surface area contributed by atoms with E-state index in [1.165, 1.54) is 20.8 Å². The highest BCUT2D eigenvalue weighted by Crippen LogP contribution is 2.15. The second-order valence-corrected chi connectivity index (χ2v) is 9.81. The highest BCUT2D eigenvalue weighted by atomic mass is 32.2. The van der Waals surface area contributed by atoms with Crippen molar-refractivity contribution in [1.82, 2.24) is 9.55 Å². The zero-order chi connectivity index (χ0) is 16.6. The van der Waals surface area contributed by atoms with E-state index in [2.05, 4.69) is 0 Å². The molecule has 120 valence electrons. The molecule has 0 saturated carbocycles. The molecule has 1 aromatic rings. The molecule has 1 heterocycles. The van der Waals surface area contributed by atoms with E-state index in [1.54, 1.807) is 4.98 Å². The number of hydrogen-bond acceptors (Lipinski definition) is 6. The molecule has 3 N–H and O–H groups in total. The Labute approximate surface area is 121 Å². The SMILES string of the molecule is CC(C)(C)S(=O)(=O)CCn1cc(S(N)(=O)=O)c(=O)[nH]c1=O. The molecule has 11 heteroatoms. The van der Waals surface area contributed by atoms with Gasteiger partial charge in [0, 0.05) is 12.7 Å². The van der Waals surface area contributed by atoms with Crippen LogP contribution < -0.4 is 16.4 Å². The molecule has 0 bridgehead atoms. The van der Waals surface area contributed by atoms with Gasteiger partial charge in [0.25, 0.3) is 5.56 Å². The van der Waals surface area contributed by atoms with E-state index in [0.29, 0.717) is 0 Å². The monoisotopic (exact) mass is 339 g/mol. The Kier molecular flexibility index (Phi) is 4.51. The average molecular weight is 339 g/mol. The van der Waals surface area contributed by atoms with Gasteiger partial charge in [-0.25, -0.2) is 26.8 Å². The van der Waals surface area contributed by atoms with Crippen LogP contribution in [0.25, 0.3) is 0 Å². The zero-order valence-electron chi connectivity index (χ0n) is 11.8. The van der Waals surface area contributed by atoms with Gasteiger partial charge in [-0.05, 0) is 20.8 Å². The molecule has 0 saturated heterocycles. The number of H-pyrrole nitrogens is 1. The predicted octanol–water partition coefficient (Wildman–Crippen LogP) is -1.60. The quantitative estimate of drug-likeness (QED) is 0.674. The molecule has 0 aromatic carbocycles. The lowest BCUT2D eigenvalue weighted by Gasteiger charge is -2.19. The molecule has 1 rings (SSSR count). The second kappa shape index (κ2) is 5.39. The molecule has 0 unspecified atom stereocenters. The minimum atomic E-state index is -4.31. The Morgan fingerprint density at radius 2 is 1.71 bits per heavy atom. The lowest BCUT2D eigenvalue weighted by atomic mass is 10.3. The Morgan fingerprint density at radius 3 is 2.14 bits per heavy atom. The van der Waals surface area contributed by atoms with E-state index in [4.69, 9.17) is 5.14 Å². The number of nitrogens with two attached hydrogens (primary N) is 1. The average Bonchev–Trinajstić information content (AvgIpc) is 2.24. The van der Waals surface area contributed by atoms with Crippen LogP contribution in [-0.4, -0.2) is 36.9 Å². The molecule has 0 atom stereocenters. The van der Waals surface area contributed by atoms with Gasteiger partial charge < -0.3 is 0 Å². The Morgan fingerprint density at radius 1 is 1.19 bits per heavy atom. The minimum absolute atomic E-state index is 0.294. The van der Waals surface area contributed by atoms with E-state index in [0.717, 1.165) is 10.8 Å². The molecule has 0 fully saturated rings. The van der Waals surface area contributed by atoms with Gasteiger partial charge in [0.2, 0.25) is 10.0 Å². The number of primary sulfonamides is 1. The van der Waals surface area contributed by atoms with Gasteiger partial charge in [0.05, 0.1) is 10.5 Å². The summed E-state index contributed by atoms with van der Waals surface area (Å²) in [6.45, 7) is 4.23. The fraction of sp³-hybridized carbons (Fsp3) is 0.600. The van der Waals surface area contributed by atoms with Crippen molar-refractivity contribution in [2.45, 2.75) is 37.0 Å². The van der Waals surface area contributed by atoms with E-state index in [1.807, 2.05) is 0 Å². The third-order valence-corrected chi connectivity index (χ3v) is 6.31. The second-order valence-electron chi connectivity index (χ2n) is 5.42. The van der Waals surface area contributed by atoms with Crippen LogP contribution in [0.4, 0.5) is 0 Å². The van der Waals surface area contributed by atoms with Crippen molar-refractivity contribution in [2.75, 3.05) is 5.75 Å². The fourth-order valence-corrected chi connectivity index (χ4v) is 3.02. The van der Waals surface area contributed by atoms with Gasteiger partial charge in [0.15, 0.2) is 14.7 Å². The van der Waals surface area contributed by atoms with Crippen LogP contribution in [0.1, 0.15) is 20.8 Å². The third-order valence-electron chi connectivity index (χ3n) is 2.82. The summed E-state index contributed by atoms with van der Waals surface area (Å²) in [6, 6.07) is 0. The van der Waals surface area contributed by atoms with Crippen molar-refractivity contribution >= 4 is 19.9 Å². The van der Waals surface area contributed by atoms with Gasteiger partial charge in [-0.3, -0.25) is 14.3 Å². The third kappa shape index (κ3) is 4.02. The normalized spacial score (nSPS) is 13.3. The van der Waals surface area contributed by atoms with Crippen LogP contribution in [0, 0.1) is 0 Å².